The molecule has 0 aromatic carbocycles. The van der Waals surface area contributed by atoms with Crippen molar-refractivity contribution in [3.05, 3.63) is 0 Å². The van der Waals surface area contributed by atoms with Gasteiger partial charge in [-0.15, -0.1) is 4.83 Å². The van der Waals surface area contributed by atoms with Crippen LogP contribution in [0.5, 0.6) is 0 Å². The molecule has 234 valence electrons. The number of aliphatic carboxylic acids is 2. The van der Waals surface area contributed by atoms with Crippen molar-refractivity contribution >= 4 is 73.3 Å². The molecule has 8 nitrogen and oxygen atoms in total. The normalized spacial score (nSPS) is 15.8. The van der Waals surface area contributed by atoms with Gasteiger partial charge in [0.1, 0.15) is 6.04 Å². The second kappa shape index (κ2) is 12.1. The number of nitrogens with one attached hydrogen (secondary N) is 2. The first-order chi connectivity index (χ1) is 16.7. The number of carboxylic acid groups (broad SMARTS) is 2. The number of halogens is 17. The summed E-state index contributed by atoms with van der Waals surface area (Å²) in [5.74, 6) is -56.9. The summed E-state index contributed by atoms with van der Waals surface area (Å²) in [7, 11) is -7.79. The fraction of sp³-hybridized carbons (Fsp3) is 0.846. The van der Waals surface area contributed by atoms with Crippen LogP contribution < -0.4 is 10.3 Å². The predicted molar refractivity (Wildman–Crippen MR) is 91.3 cm³/mol. The van der Waals surface area contributed by atoms with Crippen LogP contribution in [0, 0.1) is 0 Å². The number of sulfonamides is 1. The van der Waals surface area contributed by atoms with Gasteiger partial charge in [-0.05, 0) is 6.42 Å². The van der Waals surface area contributed by atoms with Gasteiger partial charge in [0, 0.05) is 6.42 Å². The Morgan fingerprint density at radius 3 is 1.25 bits per heavy atom. The SMILES string of the molecule is O=C(O)CCC(NNS(=O)(=O)C(F)(F)C(F)(F)C(F)(F)C(F)(F)C(F)(F)C(F)(F)C(F)(F)C(F)(F)F)C(=O)O.[KH]. The molecule has 0 saturated carbocycles. The molecular formula is C13H10F17KN2O6S. The molecule has 27 heteroatoms. The summed E-state index contributed by atoms with van der Waals surface area (Å²) in [4.78, 5) is 21.0. The quantitative estimate of drug-likeness (QED) is 0.126. The van der Waals surface area contributed by atoms with Crippen LogP contribution >= 0.6 is 0 Å². The van der Waals surface area contributed by atoms with E-state index in [0.717, 1.165) is 0 Å². The first kappa shape index (κ1) is 41.4. The molecule has 0 heterocycles. The number of alkyl halides is 17. The van der Waals surface area contributed by atoms with E-state index in [-0.39, 0.29) is 56.2 Å². The first-order valence-electron chi connectivity index (χ1n) is 8.65. The van der Waals surface area contributed by atoms with E-state index < -0.39 is 87.8 Å². The minimum absolute atomic E-state index is 0. The van der Waals surface area contributed by atoms with E-state index in [4.69, 9.17) is 10.2 Å². The Morgan fingerprint density at radius 1 is 0.625 bits per heavy atom. The van der Waals surface area contributed by atoms with E-state index >= 15 is 0 Å². The van der Waals surface area contributed by atoms with Gasteiger partial charge in [0.05, 0.1) is 0 Å². The third-order valence-corrected chi connectivity index (χ3v) is 5.66. The summed E-state index contributed by atoms with van der Waals surface area (Å²) >= 11 is 0. The number of hydrazine groups is 1. The van der Waals surface area contributed by atoms with Crippen molar-refractivity contribution in [3.63, 3.8) is 0 Å². The summed E-state index contributed by atoms with van der Waals surface area (Å²) in [6, 6.07) is -2.70. The van der Waals surface area contributed by atoms with Crippen LogP contribution in [0.3, 0.4) is 0 Å². The summed E-state index contributed by atoms with van der Waals surface area (Å²) in [5, 5.41) is 9.06. The Labute approximate surface area is 251 Å². The van der Waals surface area contributed by atoms with E-state index in [1.165, 1.54) is 0 Å². The van der Waals surface area contributed by atoms with Gasteiger partial charge in [-0.2, -0.15) is 74.6 Å². The Balaban J connectivity index is 0. The van der Waals surface area contributed by atoms with Crippen LogP contribution in [0.15, 0.2) is 0 Å². The van der Waals surface area contributed by atoms with Gasteiger partial charge >= 0.3 is 110 Å². The van der Waals surface area contributed by atoms with E-state index in [9.17, 15) is 92.6 Å². The van der Waals surface area contributed by atoms with Crippen LogP contribution in [-0.4, -0.2) is 135 Å². The zero-order valence-electron chi connectivity index (χ0n) is 17.4. The number of carbonyl (C=O) groups is 2. The molecule has 0 aliphatic carbocycles. The van der Waals surface area contributed by atoms with Crippen LogP contribution in [-0.2, 0) is 19.6 Å². The molecule has 1 unspecified atom stereocenters. The van der Waals surface area contributed by atoms with Crippen LogP contribution in [0.2, 0.25) is 0 Å². The van der Waals surface area contributed by atoms with Crippen molar-refractivity contribution < 1.29 is 103 Å². The molecule has 0 aliphatic rings. The Kier molecular flexibility index (Phi) is 12.5. The Morgan fingerprint density at radius 2 is 0.950 bits per heavy atom. The van der Waals surface area contributed by atoms with Crippen molar-refractivity contribution in [1.82, 2.24) is 10.3 Å². The number of hydrogen-bond donors (Lipinski definition) is 4. The van der Waals surface area contributed by atoms with Gasteiger partial charge in [-0.3, -0.25) is 9.59 Å². The molecule has 0 amide bonds. The molecule has 0 rings (SSSR count). The molecule has 0 aromatic heterocycles. The van der Waals surface area contributed by atoms with E-state index in [1.54, 1.807) is 0 Å². The van der Waals surface area contributed by atoms with Crippen LogP contribution in [0.4, 0.5) is 74.6 Å². The second-order valence-electron chi connectivity index (χ2n) is 7.03. The van der Waals surface area contributed by atoms with Gasteiger partial charge in [0.15, 0.2) is 0 Å². The van der Waals surface area contributed by atoms with Gasteiger partial charge in [-0.25, -0.2) is 13.8 Å². The van der Waals surface area contributed by atoms with Crippen molar-refractivity contribution in [3.8, 4) is 0 Å². The molecule has 0 spiro atoms. The topological polar surface area (TPSA) is 133 Å². The van der Waals surface area contributed by atoms with Gasteiger partial charge in [0.25, 0.3) is 10.0 Å². The molecule has 0 radical (unpaired) electrons. The number of rotatable bonds is 14. The van der Waals surface area contributed by atoms with E-state index in [2.05, 4.69) is 0 Å². The van der Waals surface area contributed by atoms with Gasteiger partial charge in [0.2, 0.25) is 0 Å². The number of hydrogen-bond acceptors (Lipinski definition) is 5. The average molecular weight is 684 g/mol. The number of carboxylic acids is 2. The fourth-order valence-corrected chi connectivity index (χ4v) is 2.95. The molecule has 0 bridgehead atoms. The third-order valence-electron chi connectivity index (χ3n) is 4.34. The van der Waals surface area contributed by atoms with Crippen molar-refractivity contribution in [2.75, 3.05) is 0 Å². The minimum atomic E-state index is -9.01. The zero-order valence-corrected chi connectivity index (χ0v) is 18.2. The molecule has 1 atom stereocenters. The van der Waals surface area contributed by atoms with Gasteiger partial charge < -0.3 is 10.2 Å². The zero-order chi connectivity index (χ0) is 32.1. The standard InChI is InChI=1S/C13H9F17N2O6S.K.H/c14-6(15,8(18,19)10(22,23)12(26,27)28)7(16,17)9(20,21)11(24,25)13(29,30)39(37,38)32-31-3(5(35)36)1-2-4(33)34;;/h3,31-32H,1-2H2,(H,33,34)(H,35,36);;. The summed E-state index contributed by atoms with van der Waals surface area (Å²) in [5.41, 5.74) is 0.635. The summed E-state index contributed by atoms with van der Waals surface area (Å²) in [6.07, 6.45) is -10.5. The molecule has 0 aliphatic heterocycles. The molecule has 4 N–H and O–H groups in total. The predicted octanol–water partition coefficient (Wildman–Crippen LogP) is 3.05. The summed E-state index contributed by atoms with van der Waals surface area (Å²) in [6.45, 7) is 0. The molecule has 0 saturated heterocycles. The van der Waals surface area contributed by atoms with Crippen molar-refractivity contribution in [2.24, 2.45) is 0 Å². The monoisotopic (exact) mass is 684 g/mol. The third kappa shape index (κ3) is 6.58. The Hall–Kier alpha value is -0.744. The van der Waals surface area contributed by atoms with Crippen LogP contribution in [0.1, 0.15) is 12.8 Å². The van der Waals surface area contributed by atoms with Gasteiger partial charge in [-0.1, -0.05) is 0 Å². The molecule has 0 aromatic rings. The molecular weight excluding hydrogens is 674 g/mol. The molecule has 0 fully saturated rings. The van der Waals surface area contributed by atoms with E-state index in [1.807, 2.05) is 0 Å². The Bertz CT molecular complexity index is 1050. The first-order valence-corrected chi connectivity index (χ1v) is 10.1. The van der Waals surface area contributed by atoms with Crippen molar-refractivity contribution in [2.45, 2.75) is 65.8 Å². The average Bonchev–Trinajstić information content (AvgIpc) is 2.71. The van der Waals surface area contributed by atoms with Crippen molar-refractivity contribution in [1.29, 1.82) is 0 Å². The summed E-state index contributed by atoms with van der Waals surface area (Å²) < 4.78 is 247. The molecule has 40 heavy (non-hydrogen) atoms. The van der Waals surface area contributed by atoms with Crippen LogP contribution in [0.25, 0.3) is 0 Å². The maximum absolute atomic E-state index is 13.8. The van der Waals surface area contributed by atoms with E-state index in [0.29, 0.717) is 5.43 Å². The second-order valence-corrected chi connectivity index (χ2v) is 8.76. The fourth-order valence-electron chi connectivity index (χ4n) is 2.06. The maximum atomic E-state index is 13.8.